The third-order valence-corrected chi connectivity index (χ3v) is 3.50. The molecule has 0 radical (unpaired) electrons. The van der Waals surface area contributed by atoms with Crippen molar-refractivity contribution in [1.82, 2.24) is 20.4 Å². The predicted molar refractivity (Wildman–Crippen MR) is 96.1 cm³/mol. The fourth-order valence-corrected chi connectivity index (χ4v) is 2.22. The Morgan fingerprint density at radius 1 is 1.19 bits per heavy atom. The number of hydrogen-bond acceptors (Lipinski definition) is 8. The number of amides is 1. The van der Waals surface area contributed by atoms with E-state index in [1.54, 1.807) is 12.1 Å². The van der Waals surface area contributed by atoms with E-state index < -0.39 is 0 Å². The number of furan rings is 1. The molecule has 26 heavy (non-hydrogen) atoms. The topological polar surface area (TPSA) is 109 Å². The minimum atomic E-state index is -0.326. The minimum absolute atomic E-state index is 0.193. The quantitative estimate of drug-likeness (QED) is 0.618. The zero-order valence-corrected chi connectivity index (χ0v) is 14.8. The van der Waals surface area contributed by atoms with Crippen LogP contribution >= 0.6 is 0 Å². The van der Waals surface area contributed by atoms with Gasteiger partial charge in [0.15, 0.2) is 11.5 Å². The maximum atomic E-state index is 12.1. The molecule has 3 aromatic rings. The monoisotopic (exact) mass is 356 g/mol. The second-order valence-electron chi connectivity index (χ2n) is 5.82. The van der Waals surface area contributed by atoms with Crippen molar-refractivity contribution in [2.75, 3.05) is 37.4 Å². The summed E-state index contributed by atoms with van der Waals surface area (Å²) >= 11 is 0. The Hall–Kier alpha value is -3.36. The van der Waals surface area contributed by atoms with Gasteiger partial charge in [-0.05, 0) is 19.1 Å². The Bertz CT molecular complexity index is 873. The molecule has 0 fully saturated rings. The standard InChI is InChI=1S/C17H20N6O3/c1-11-9-15(23(2)3)21-17(20-11)19-7-6-18-16(24)12-10-14(26-22-12)13-5-4-8-25-13/h4-5,8-10H,6-7H2,1-3H3,(H,18,24)(H,19,20,21). The summed E-state index contributed by atoms with van der Waals surface area (Å²) in [5.41, 5.74) is 1.06. The van der Waals surface area contributed by atoms with Gasteiger partial charge in [-0.3, -0.25) is 4.79 Å². The maximum absolute atomic E-state index is 12.1. The molecule has 0 saturated heterocycles. The summed E-state index contributed by atoms with van der Waals surface area (Å²) in [6.07, 6.45) is 1.53. The molecule has 0 aliphatic rings. The van der Waals surface area contributed by atoms with E-state index in [0.717, 1.165) is 11.5 Å². The lowest BCUT2D eigenvalue weighted by molar-refractivity contribution is 0.0946. The van der Waals surface area contributed by atoms with Gasteiger partial charge in [-0.25, -0.2) is 4.98 Å². The normalized spacial score (nSPS) is 10.6. The van der Waals surface area contributed by atoms with E-state index >= 15 is 0 Å². The van der Waals surface area contributed by atoms with Gasteiger partial charge >= 0.3 is 0 Å². The van der Waals surface area contributed by atoms with Crippen LogP contribution in [0, 0.1) is 6.92 Å². The van der Waals surface area contributed by atoms with Gasteiger partial charge in [-0.15, -0.1) is 0 Å². The van der Waals surface area contributed by atoms with Gasteiger partial charge in [-0.1, -0.05) is 5.16 Å². The van der Waals surface area contributed by atoms with Gasteiger partial charge in [0.2, 0.25) is 11.7 Å². The van der Waals surface area contributed by atoms with Crippen LogP contribution < -0.4 is 15.5 Å². The third-order valence-electron chi connectivity index (χ3n) is 3.50. The molecule has 2 N–H and O–H groups in total. The summed E-state index contributed by atoms with van der Waals surface area (Å²) in [5.74, 6) is 1.93. The summed E-state index contributed by atoms with van der Waals surface area (Å²) in [5, 5.41) is 9.61. The van der Waals surface area contributed by atoms with E-state index in [1.807, 2.05) is 32.0 Å². The molecule has 9 nitrogen and oxygen atoms in total. The zero-order chi connectivity index (χ0) is 18.5. The molecule has 0 unspecified atom stereocenters. The van der Waals surface area contributed by atoms with Gasteiger partial charge in [0.1, 0.15) is 5.82 Å². The van der Waals surface area contributed by atoms with Crippen LogP contribution in [0.15, 0.2) is 39.5 Å². The first-order chi connectivity index (χ1) is 12.5. The summed E-state index contributed by atoms with van der Waals surface area (Å²) < 4.78 is 10.3. The molecule has 0 aliphatic carbocycles. The number of hydrogen-bond donors (Lipinski definition) is 2. The predicted octanol–water partition coefficient (Wildman–Crippen LogP) is 1.94. The van der Waals surface area contributed by atoms with Crippen molar-refractivity contribution in [3.63, 3.8) is 0 Å². The molecule has 0 bridgehead atoms. The molecule has 0 saturated carbocycles. The van der Waals surface area contributed by atoms with E-state index in [9.17, 15) is 4.79 Å². The fraction of sp³-hybridized carbons (Fsp3) is 0.294. The summed E-state index contributed by atoms with van der Waals surface area (Å²) in [7, 11) is 3.83. The molecule has 136 valence electrons. The van der Waals surface area contributed by atoms with E-state index in [0.29, 0.717) is 30.6 Å². The number of aromatic nitrogens is 3. The van der Waals surface area contributed by atoms with E-state index in [2.05, 4.69) is 25.8 Å². The first-order valence-corrected chi connectivity index (χ1v) is 8.08. The Labute approximate surface area is 150 Å². The summed E-state index contributed by atoms with van der Waals surface area (Å²) in [6.45, 7) is 2.77. The Kier molecular flexibility index (Phi) is 5.16. The number of anilines is 2. The first-order valence-electron chi connectivity index (χ1n) is 8.08. The van der Waals surface area contributed by atoms with Gasteiger partial charge in [0.05, 0.1) is 6.26 Å². The van der Waals surface area contributed by atoms with E-state index in [-0.39, 0.29) is 11.6 Å². The minimum Gasteiger partial charge on any atom is -0.461 e. The van der Waals surface area contributed by atoms with Crippen LogP contribution in [0.25, 0.3) is 11.5 Å². The SMILES string of the molecule is Cc1cc(N(C)C)nc(NCCNC(=O)c2cc(-c3ccco3)on2)n1. The largest absolute Gasteiger partial charge is 0.461 e. The lowest BCUT2D eigenvalue weighted by Gasteiger charge is -2.13. The number of rotatable bonds is 7. The highest BCUT2D eigenvalue weighted by molar-refractivity contribution is 5.92. The summed E-state index contributed by atoms with van der Waals surface area (Å²) in [6, 6.07) is 6.90. The van der Waals surface area contributed by atoms with Crippen LogP contribution in [0.1, 0.15) is 16.2 Å². The van der Waals surface area contributed by atoms with Crippen molar-refractivity contribution < 1.29 is 13.7 Å². The van der Waals surface area contributed by atoms with Crippen molar-refractivity contribution in [2.45, 2.75) is 6.92 Å². The molecule has 0 spiro atoms. The van der Waals surface area contributed by atoms with Crippen LogP contribution in [0.4, 0.5) is 11.8 Å². The molecule has 3 aromatic heterocycles. The second kappa shape index (κ2) is 7.68. The smallest absolute Gasteiger partial charge is 0.273 e. The highest BCUT2D eigenvalue weighted by atomic mass is 16.5. The fourth-order valence-electron chi connectivity index (χ4n) is 2.22. The number of carbonyl (C=O) groups is 1. The number of nitrogens with zero attached hydrogens (tertiary/aromatic N) is 4. The average Bonchev–Trinajstić information content (AvgIpc) is 3.28. The van der Waals surface area contributed by atoms with Crippen LogP contribution in [0.5, 0.6) is 0 Å². The first kappa shape index (κ1) is 17.5. The van der Waals surface area contributed by atoms with Crippen molar-refractivity contribution in [1.29, 1.82) is 0 Å². The summed E-state index contributed by atoms with van der Waals surface area (Å²) in [4.78, 5) is 22.7. The molecule has 0 aliphatic heterocycles. The van der Waals surface area contributed by atoms with Crippen molar-refractivity contribution in [3.05, 3.63) is 41.9 Å². The van der Waals surface area contributed by atoms with Crippen molar-refractivity contribution >= 4 is 17.7 Å². The number of aryl methyl sites for hydroxylation is 1. The molecule has 3 heterocycles. The Morgan fingerprint density at radius 2 is 2.04 bits per heavy atom. The van der Waals surface area contributed by atoms with E-state index in [4.69, 9.17) is 8.94 Å². The lowest BCUT2D eigenvalue weighted by Crippen LogP contribution is -2.29. The third kappa shape index (κ3) is 4.18. The van der Waals surface area contributed by atoms with Crippen LogP contribution in [0.2, 0.25) is 0 Å². The van der Waals surface area contributed by atoms with Crippen LogP contribution in [0.3, 0.4) is 0 Å². The number of carbonyl (C=O) groups excluding carboxylic acids is 1. The van der Waals surface area contributed by atoms with Gasteiger partial charge in [-0.2, -0.15) is 4.98 Å². The molecule has 0 aromatic carbocycles. The number of nitrogens with one attached hydrogen (secondary N) is 2. The molecule has 1 amide bonds. The van der Waals surface area contributed by atoms with E-state index in [1.165, 1.54) is 12.3 Å². The highest BCUT2D eigenvalue weighted by Crippen LogP contribution is 2.20. The molecule has 3 rings (SSSR count). The average molecular weight is 356 g/mol. The van der Waals surface area contributed by atoms with Gasteiger partial charge in [0.25, 0.3) is 5.91 Å². The van der Waals surface area contributed by atoms with Crippen LogP contribution in [-0.4, -0.2) is 48.2 Å². The van der Waals surface area contributed by atoms with Crippen molar-refractivity contribution in [2.24, 2.45) is 0 Å². The lowest BCUT2D eigenvalue weighted by atomic mass is 10.3. The van der Waals surface area contributed by atoms with Gasteiger partial charge < -0.3 is 24.5 Å². The van der Waals surface area contributed by atoms with Crippen LogP contribution in [-0.2, 0) is 0 Å². The van der Waals surface area contributed by atoms with Crippen molar-refractivity contribution in [3.8, 4) is 11.5 Å². The molecule has 0 atom stereocenters. The Balaban J connectivity index is 1.50. The second-order valence-corrected chi connectivity index (χ2v) is 5.82. The van der Waals surface area contributed by atoms with Gasteiger partial charge in [0, 0.05) is 45.0 Å². The molecular weight excluding hydrogens is 336 g/mol. The Morgan fingerprint density at radius 3 is 2.77 bits per heavy atom. The zero-order valence-electron chi connectivity index (χ0n) is 14.8. The maximum Gasteiger partial charge on any atom is 0.273 e. The molecule has 9 heteroatoms. The highest BCUT2D eigenvalue weighted by Gasteiger charge is 2.14. The molecular formula is C17H20N6O3.